The lowest BCUT2D eigenvalue weighted by Gasteiger charge is -2.22. The van der Waals surface area contributed by atoms with Crippen LogP contribution in [0.1, 0.15) is 18.1 Å². The van der Waals surface area contributed by atoms with Gasteiger partial charge in [0.1, 0.15) is 6.54 Å². The van der Waals surface area contributed by atoms with Crippen LogP contribution in [0.15, 0.2) is 42.5 Å². The van der Waals surface area contributed by atoms with Crippen molar-refractivity contribution < 1.29 is 9.59 Å². The van der Waals surface area contributed by atoms with Gasteiger partial charge in [0.25, 0.3) is 0 Å². The van der Waals surface area contributed by atoms with Gasteiger partial charge in [0.15, 0.2) is 0 Å². The van der Waals surface area contributed by atoms with E-state index >= 15 is 0 Å². The molecule has 0 unspecified atom stereocenters. The SMILES string of the molecule is CC(=O)N(CC(=O)Nc1c(C)cccc1C)c1ccccc1Cl. The third kappa shape index (κ3) is 4.11. The fourth-order valence-electron chi connectivity index (χ4n) is 2.37. The summed E-state index contributed by atoms with van der Waals surface area (Å²) in [4.78, 5) is 25.6. The maximum absolute atomic E-state index is 12.4. The predicted molar refractivity (Wildman–Crippen MR) is 94.0 cm³/mol. The number of para-hydroxylation sites is 2. The summed E-state index contributed by atoms with van der Waals surface area (Å²) >= 11 is 6.13. The molecule has 0 aliphatic carbocycles. The van der Waals surface area contributed by atoms with Gasteiger partial charge >= 0.3 is 0 Å². The number of amides is 2. The molecule has 0 atom stereocenters. The van der Waals surface area contributed by atoms with E-state index < -0.39 is 0 Å². The number of nitrogens with one attached hydrogen (secondary N) is 1. The van der Waals surface area contributed by atoms with Crippen LogP contribution in [-0.4, -0.2) is 18.4 Å². The lowest BCUT2D eigenvalue weighted by molar-refractivity contribution is -0.120. The van der Waals surface area contributed by atoms with Crippen LogP contribution in [0.3, 0.4) is 0 Å². The molecule has 0 aliphatic rings. The highest BCUT2D eigenvalue weighted by Gasteiger charge is 2.18. The van der Waals surface area contributed by atoms with Crippen molar-refractivity contribution in [1.82, 2.24) is 0 Å². The minimum absolute atomic E-state index is 0.0904. The summed E-state index contributed by atoms with van der Waals surface area (Å²) in [5.74, 6) is -0.507. The summed E-state index contributed by atoms with van der Waals surface area (Å²) in [6.45, 7) is 5.18. The Morgan fingerprint density at radius 3 is 2.22 bits per heavy atom. The Morgan fingerprint density at radius 2 is 1.65 bits per heavy atom. The second-order valence-corrected chi connectivity index (χ2v) is 5.78. The monoisotopic (exact) mass is 330 g/mol. The van der Waals surface area contributed by atoms with Gasteiger partial charge in [-0.05, 0) is 37.1 Å². The molecular weight excluding hydrogens is 312 g/mol. The number of aryl methyl sites for hydroxylation is 2. The van der Waals surface area contributed by atoms with E-state index in [4.69, 9.17) is 11.6 Å². The highest BCUT2D eigenvalue weighted by atomic mass is 35.5. The number of hydrogen-bond donors (Lipinski definition) is 1. The number of rotatable bonds is 4. The lowest BCUT2D eigenvalue weighted by atomic mass is 10.1. The molecule has 1 N–H and O–H groups in total. The first-order valence-corrected chi connectivity index (χ1v) is 7.66. The molecule has 0 heterocycles. The zero-order chi connectivity index (χ0) is 17.0. The quantitative estimate of drug-likeness (QED) is 0.922. The smallest absolute Gasteiger partial charge is 0.244 e. The Hall–Kier alpha value is -2.33. The van der Waals surface area contributed by atoms with E-state index in [0.717, 1.165) is 16.8 Å². The summed E-state index contributed by atoms with van der Waals surface area (Å²) in [5.41, 5.74) is 3.26. The van der Waals surface area contributed by atoms with Crippen LogP contribution in [0, 0.1) is 13.8 Å². The molecule has 0 saturated carbocycles. The number of halogens is 1. The highest BCUT2D eigenvalue weighted by molar-refractivity contribution is 6.33. The third-order valence-corrected chi connectivity index (χ3v) is 3.89. The van der Waals surface area contributed by atoms with Crippen molar-refractivity contribution in [2.24, 2.45) is 0 Å². The molecule has 0 aliphatic heterocycles. The van der Waals surface area contributed by atoms with Crippen molar-refractivity contribution >= 4 is 34.8 Å². The van der Waals surface area contributed by atoms with Crippen LogP contribution in [-0.2, 0) is 9.59 Å². The molecule has 23 heavy (non-hydrogen) atoms. The van der Waals surface area contributed by atoms with Crippen LogP contribution < -0.4 is 10.2 Å². The molecule has 0 spiro atoms. The van der Waals surface area contributed by atoms with Crippen LogP contribution in [0.4, 0.5) is 11.4 Å². The number of carbonyl (C=O) groups is 2. The highest BCUT2D eigenvalue weighted by Crippen LogP contribution is 2.25. The van der Waals surface area contributed by atoms with Gasteiger partial charge in [-0.2, -0.15) is 0 Å². The largest absolute Gasteiger partial charge is 0.324 e. The van der Waals surface area contributed by atoms with Crippen molar-refractivity contribution in [3.8, 4) is 0 Å². The molecule has 0 saturated heterocycles. The van der Waals surface area contributed by atoms with Crippen molar-refractivity contribution in [3.63, 3.8) is 0 Å². The van der Waals surface area contributed by atoms with E-state index in [2.05, 4.69) is 5.32 Å². The van der Waals surface area contributed by atoms with Gasteiger partial charge in [-0.1, -0.05) is 41.9 Å². The van der Waals surface area contributed by atoms with Gasteiger partial charge < -0.3 is 10.2 Å². The van der Waals surface area contributed by atoms with Gasteiger partial charge in [-0.25, -0.2) is 0 Å². The molecule has 0 aromatic heterocycles. The summed E-state index contributed by atoms with van der Waals surface area (Å²) in [6.07, 6.45) is 0. The Morgan fingerprint density at radius 1 is 1.04 bits per heavy atom. The standard InChI is InChI=1S/C18H19ClN2O2/c1-12-7-6-8-13(2)18(12)20-17(23)11-21(14(3)22)16-10-5-4-9-15(16)19/h4-10H,11H2,1-3H3,(H,20,23). The summed E-state index contributed by atoms with van der Waals surface area (Å²) in [7, 11) is 0. The van der Waals surface area contributed by atoms with Crippen molar-refractivity contribution in [2.75, 3.05) is 16.8 Å². The normalized spacial score (nSPS) is 10.3. The van der Waals surface area contributed by atoms with Crippen molar-refractivity contribution in [1.29, 1.82) is 0 Å². The van der Waals surface area contributed by atoms with Crippen LogP contribution in [0.2, 0.25) is 5.02 Å². The maximum atomic E-state index is 12.4. The van der Waals surface area contributed by atoms with E-state index in [1.54, 1.807) is 24.3 Å². The molecular formula is C18H19ClN2O2. The summed E-state index contributed by atoms with van der Waals surface area (Å²) in [5, 5.41) is 3.31. The van der Waals surface area contributed by atoms with E-state index in [-0.39, 0.29) is 18.4 Å². The minimum atomic E-state index is -0.266. The van der Waals surface area contributed by atoms with Crippen molar-refractivity contribution in [2.45, 2.75) is 20.8 Å². The first-order chi connectivity index (χ1) is 10.9. The zero-order valence-electron chi connectivity index (χ0n) is 13.4. The van der Waals surface area contributed by atoms with E-state index in [1.807, 2.05) is 32.0 Å². The molecule has 4 nitrogen and oxygen atoms in total. The second-order valence-electron chi connectivity index (χ2n) is 5.37. The Kier molecular flexibility index (Phi) is 5.40. The third-order valence-electron chi connectivity index (χ3n) is 3.57. The van der Waals surface area contributed by atoms with Gasteiger partial charge in [0, 0.05) is 12.6 Å². The van der Waals surface area contributed by atoms with Crippen LogP contribution in [0.25, 0.3) is 0 Å². The number of hydrogen-bond acceptors (Lipinski definition) is 2. The molecule has 5 heteroatoms. The van der Waals surface area contributed by atoms with Gasteiger partial charge in [0.2, 0.25) is 11.8 Å². The molecule has 0 radical (unpaired) electrons. The fourth-order valence-corrected chi connectivity index (χ4v) is 2.61. The van der Waals surface area contributed by atoms with Gasteiger partial charge in [-0.3, -0.25) is 9.59 Å². The van der Waals surface area contributed by atoms with Crippen LogP contribution in [0.5, 0.6) is 0 Å². The van der Waals surface area contributed by atoms with Crippen molar-refractivity contribution in [3.05, 3.63) is 58.6 Å². The molecule has 0 fully saturated rings. The molecule has 2 aromatic carbocycles. The Labute approximate surface area is 141 Å². The van der Waals surface area contributed by atoms with Gasteiger partial charge in [-0.15, -0.1) is 0 Å². The first kappa shape index (κ1) is 17.0. The second kappa shape index (κ2) is 7.29. The molecule has 2 amide bonds. The Bertz CT molecular complexity index is 723. The first-order valence-electron chi connectivity index (χ1n) is 7.29. The topological polar surface area (TPSA) is 49.4 Å². The number of carbonyl (C=O) groups excluding carboxylic acids is 2. The molecule has 0 bridgehead atoms. The van der Waals surface area contributed by atoms with E-state index in [0.29, 0.717) is 10.7 Å². The average molecular weight is 331 g/mol. The van der Waals surface area contributed by atoms with Crippen LogP contribution >= 0.6 is 11.6 Å². The summed E-state index contributed by atoms with van der Waals surface area (Å²) in [6, 6.07) is 12.8. The molecule has 2 rings (SSSR count). The fraction of sp³-hybridized carbons (Fsp3) is 0.222. The minimum Gasteiger partial charge on any atom is -0.324 e. The predicted octanol–water partition coefficient (Wildman–Crippen LogP) is 3.95. The summed E-state index contributed by atoms with van der Waals surface area (Å²) < 4.78 is 0. The number of benzene rings is 2. The lowest BCUT2D eigenvalue weighted by Crippen LogP contribution is -2.37. The number of anilines is 2. The number of nitrogens with zero attached hydrogens (tertiary/aromatic N) is 1. The van der Waals surface area contributed by atoms with E-state index in [9.17, 15) is 9.59 Å². The Balaban J connectivity index is 2.20. The molecule has 2 aromatic rings. The van der Waals surface area contributed by atoms with Gasteiger partial charge in [0.05, 0.1) is 10.7 Å². The maximum Gasteiger partial charge on any atom is 0.244 e. The molecule has 120 valence electrons. The van der Waals surface area contributed by atoms with E-state index in [1.165, 1.54) is 11.8 Å². The average Bonchev–Trinajstić information content (AvgIpc) is 2.49. The zero-order valence-corrected chi connectivity index (χ0v) is 14.1.